The number of nitrogens with two attached hydrogens (primary N) is 1. The summed E-state index contributed by atoms with van der Waals surface area (Å²) in [5.74, 6) is 0.772. The summed E-state index contributed by atoms with van der Waals surface area (Å²) >= 11 is 0. The molecule has 0 aliphatic carbocycles. The van der Waals surface area contributed by atoms with Crippen LogP contribution in [-0.2, 0) is 10.0 Å². The average Bonchev–Trinajstić information content (AvgIpc) is 2.45. The van der Waals surface area contributed by atoms with Gasteiger partial charge in [0.15, 0.2) is 0 Å². The van der Waals surface area contributed by atoms with Crippen molar-refractivity contribution in [2.75, 3.05) is 20.8 Å². The fraction of sp³-hybridized carbons (Fsp3) is 0.538. The molecule has 0 amide bonds. The number of benzene rings is 1. The highest BCUT2D eigenvalue weighted by Gasteiger charge is 2.23. The third-order valence-electron chi connectivity index (χ3n) is 2.90. The van der Waals surface area contributed by atoms with Crippen molar-refractivity contribution in [2.45, 2.75) is 30.7 Å². The van der Waals surface area contributed by atoms with Gasteiger partial charge in [-0.1, -0.05) is 13.3 Å². The van der Waals surface area contributed by atoms with E-state index in [-0.39, 0.29) is 23.2 Å². The molecule has 1 aromatic carbocycles. The highest BCUT2D eigenvalue weighted by molar-refractivity contribution is 7.89. The Hall–Kier alpha value is -1.31. The van der Waals surface area contributed by atoms with Crippen LogP contribution in [0.4, 0.5) is 0 Å². The fourth-order valence-electron chi connectivity index (χ4n) is 1.85. The quantitative estimate of drug-likeness (QED) is 0.750. The van der Waals surface area contributed by atoms with E-state index in [4.69, 9.17) is 15.2 Å². The van der Waals surface area contributed by atoms with E-state index in [2.05, 4.69) is 4.72 Å². The van der Waals surface area contributed by atoms with Crippen molar-refractivity contribution in [1.29, 1.82) is 0 Å². The normalized spacial score (nSPS) is 13.0. The van der Waals surface area contributed by atoms with Crippen molar-refractivity contribution in [3.63, 3.8) is 0 Å². The maximum atomic E-state index is 12.4. The number of rotatable bonds is 8. The molecule has 0 fully saturated rings. The average molecular weight is 302 g/mol. The largest absolute Gasteiger partial charge is 0.497 e. The van der Waals surface area contributed by atoms with Gasteiger partial charge in [0.05, 0.1) is 14.2 Å². The zero-order valence-electron chi connectivity index (χ0n) is 12.0. The first kappa shape index (κ1) is 16.7. The maximum absolute atomic E-state index is 12.4. The molecule has 7 heteroatoms. The molecule has 20 heavy (non-hydrogen) atoms. The van der Waals surface area contributed by atoms with Gasteiger partial charge in [0.2, 0.25) is 10.0 Å². The number of ether oxygens (including phenoxy) is 2. The van der Waals surface area contributed by atoms with Gasteiger partial charge in [0.1, 0.15) is 16.4 Å². The standard InChI is InChI=1S/C13H22N2O4S/c1-4-5-10(9-14)15-20(16,17)13-7-6-11(18-2)8-12(13)19-3/h6-8,10,15H,4-5,9,14H2,1-3H3. The monoisotopic (exact) mass is 302 g/mol. The Morgan fingerprint density at radius 1 is 1.30 bits per heavy atom. The highest BCUT2D eigenvalue weighted by atomic mass is 32.2. The van der Waals surface area contributed by atoms with Crippen molar-refractivity contribution >= 4 is 10.0 Å². The number of sulfonamides is 1. The van der Waals surface area contributed by atoms with Gasteiger partial charge in [-0.25, -0.2) is 13.1 Å². The zero-order valence-corrected chi connectivity index (χ0v) is 12.9. The Bertz CT molecular complexity index is 531. The first-order chi connectivity index (χ1) is 9.48. The van der Waals surface area contributed by atoms with Gasteiger partial charge in [-0.15, -0.1) is 0 Å². The van der Waals surface area contributed by atoms with Crippen LogP contribution in [0.5, 0.6) is 11.5 Å². The number of hydrogen-bond donors (Lipinski definition) is 2. The molecule has 1 unspecified atom stereocenters. The predicted molar refractivity (Wildman–Crippen MR) is 77.6 cm³/mol. The molecular weight excluding hydrogens is 280 g/mol. The molecule has 0 aromatic heterocycles. The fourth-order valence-corrected chi connectivity index (χ4v) is 3.29. The summed E-state index contributed by atoms with van der Waals surface area (Å²) in [7, 11) is -0.748. The van der Waals surface area contributed by atoms with E-state index in [1.54, 1.807) is 6.07 Å². The molecule has 0 aliphatic heterocycles. The lowest BCUT2D eigenvalue weighted by atomic mass is 10.2. The van der Waals surface area contributed by atoms with E-state index in [1.807, 2.05) is 6.92 Å². The van der Waals surface area contributed by atoms with Crippen molar-refractivity contribution in [2.24, 2.45) is 5.73 Å². The van der Waals surface area contributed by atoms with E-state index in [9.17, 15) is 8.42 Å². The molecule has 3 N–H and O–H groups in total. The molecule has 1 aromatic rings. The van der Waals surface area contributed by atoms with Crippen LogP contribution in [0.3, 0.4) is 0 Å². The Morgan fingerprint density at radius 3 is 2.50 bits per heavy atom. The Labute approximate surface area is 120 Å². The second-order valence-corrected chi connectivity index (χ2v) is 6.04. The topological polar surface area (TPSA) is 90.7 Å². The van der Waals surface area contributed by atoms with E-state index in [1.165, 1.54) is 26.4 Å². The Kier molecular flexibility index (Phi) is 6.25. The summed E-state index contributed by atoms with van der Waals surface area (Å²) in [5.41, 5.74) is 5.58. The van der Waals surface area contributed by atoms with Crippen LogP contribution in [0.1, 0.15) is 19.8 Å². The van der Waals surface area contributed by atoms with Crippen molar-refractivity contribution in [3.8, 4) is 11.5 Å². The van der Waals surface area contributed by atoms with E-state index >= 15 is 0 Å². The first-order valence-corrected chi connectivity index (χ1v) is 7.91. The lowest BCUT2D eigenvalue weighted by Gasteiger charge is -2.17. The number of nitrogens with one attached hydrogen (secondary N) is 1. The predicted octanol–water partition coefficient (Wildman–Crippen LogP) is 1.11. The van der Waals surface area contributed by atoms with Crippen molar-refractivity contribution in [3.05, 3.63) is 18.2 Å². The van der Waals surface area contributed by atoms with Crippen LogP contribution in [0, 0.1) is 0 Å². The molecule has 0 radical (unpaired) electrons. The minimum atomic E-state index is -3.67. The van der Waals surface area contributed by atoms with Crippen LogP contribution < -0.4 is 19.9 Å². The Balaban J connectivity index is 3.08. The third kappa shape index (κ3) is 4.09. The summed E-state index contributed by atoms with van der Waals surface area (Å²) in [6, 6.07) is 4.29. The number of hydrogen-bond acceptors (Lipinski definition) is 5. The summed E-state index contributed by atoms with van der Waals surface area (Å²) < 4.78 is 37.5. The van der Waals surface area contributed by atoms with E-state index < -0.39 is 10.0 Å². The summed E-state index contributed by atoms with van der Waals surface area (Å²) in [5, 5.41) is 0. The lowest BCUT2D eigenvalue weighted by Crippen LogP contribution is -2.40. The summed E-state index contributed by atoms with van der Waals surface area (Å²) in [4.78, 5) is 0.0790. The summed E-state index contributed by atoms with van der Waals surface area (Å²) in [6.45, 7) is 2.23. The molecule has 0 heterocycles. The van der Waals surface area contributed by atoms with Gasteiger partial charge in [-0.2, -0.15) is 0 Å². The van der Waals surface area contributed by atoms with Gasteiger partial charge in [0.25, 0.3) is 0 Å². The van der Waals surface area contributed by atoms with Crippen LogP contribution >= 0.6 is 0 Å². The van der Waals surface area contributed by atoms with Gasteiger partial charge in [-0.3, -0.25) is 0 Å². The molecule has 6 nitrogen and oxygen atoms in total. The van der Waals surface area contributed by atoms with Crippen LogP contribution in [-0.4, -0.2) is 35.2 Å². The molecule has 0 spiro atoms. The molecule has 0 saturated heterocycles. The molecule has 1 atom stereocenters. The molecular formula is C13H22N2O4S. The molecule has 114 valence electrons. The second kappa shape index (κ2) is 7.47. The van der Waals surface area contributed by atoms with Crippen LogP contribution in [0.2, 0.25) is 0 Å². The first-order valence-electron chi connectivity index (χ1n) is 6.42. The lowest BCUT2D eigenvalue weighted by molar-refractivity contribution is 0.385. The van der Waals surface area contributed by atoms with Crippen LogP contribution in [0.25, 0.3) is 0 Å². The molecule has 0 aliphatic rings. The van der Waals surface area contributed by atoms with Crippen molar-refractivity contribution in [1.82, 2.24) is 4.72 Å². The maximum Gasteiger partial charge on any atom is 0.244 e. The zero-order chi connectivity index (χ0) is 15.2. The third-order valence-corrected chi connectivity index (χ3v) is 4.46. The van der Waals surface area contributed by atoms with Gasteiger partial charge >= 0.3 is 0 Å². The smallest absolute Gasteiger partial charge is 0.244 e. The van der Waals surface area contributed by atoms with E-state index in [0.717, 1.165) is 6.42 Å². The van der Waals surface area contributed by atoms with Gasteiger partial charge in [-0.05, 0) is 18.6 Å². The molecule has 0 bridgehead atoms. The number of methoxy groups -OCH3 is 2. The minimum absolute atomic E-state index is 0.0790. The summed E-state index contributed by atoms with van der Waals surface area (Å²) in [6.07, 6.45) is 1.54. The molecule has 0 saturated carbocycles. The van der Waals surface area contributed by atoms with Gasteiger partial charge < -0.3 is 15.2 Å². The van der Waals surface area contributed by atoms with Crippen LogP contribution in [0.15, 0.2) is 23.1 Å². The van der Waals surface area contributed by atoms with E-state index in [0.29, 0.717) is 12.2 Å². The highest BCUT2D eigenvalue weighted by Crippen LogP contribution is 2.28. The van der Waals surface area contributed by atoms with Gasteiger partial charge in [0, 0.05) is 18.7 Å². The Morgan fingerprint density at radius 2 is 2.00 bits per heavy atom. The second-order valence-electron chi connectivity index (χ2n) is 4.36. The SMILES string of the molecule is CCCC(CN)NS(=O)(=O)c1ccc(OC)cc1OC. The minimum Gasteiger partial charge on any atom is -0.497 e. The molecule has 1 rings (SSSR count). The van der Waals surface area contributed by atoms with Crippen molar-refractivity contribution < 1.29 is 17.9 Å².